The Morgan fingerprint density at radius 1 is 0.736 bits per heavy atom. The van der Waals surface area contributed by atoms with Gasteiger partial charge >= 0.3 is 0 Å². The van der Waals surface area contributed by atoms with Gasteiger partial charge in [0.2, 0.25) is 0 Å². The van der Waals surface area contributed by atoms with Crippen molar-refractivity contribution in [3.63, 3.8) is 0 Å². The molecule has 298 valence electrons. The minimum atomic E-state index is -1.10. The first-order valence-electron chi connectivity index (χ1n) is 19.9. The average Bonchev–Trinajstić information content (AvgIpc) is 3.76. The number of rotatable bonds is 4. The lowest BCUT2D eigenvalue weighted by Crippen LogP contribution is -2.61. The highest BCUT2D eigenvalue weighted by Gasteiger charge is 2.57. The summed E-state index contributed by atoms with van der Waals surface area (Å²) in [6.07, 6.45) is -3.55. The van der Waals surface area contributed by atoms with Gasteiger partial charge in [-0.2, -0.15) is 0 Å². The van der Waals surface area contributed by atoms with Crippen LogP contribution in [0, 0.1) is 11.8 Å². The van der Waals surface area contributed by atoms with Crippen LogP contribution in [0.5, 0.6) is 0 Å². The quantitative estimate of drug-likeness (QED) is 0.308. The Bertz CT molecular complexity index is 1340. The molecule has 0 aromatic heterocycles. The normalized spacial score (nSPS) is 47.7. The zero-order valence-electron chi connectivity index (χ0n) is 31.2. The van der Waals surface area contributed by atoms with Crippen LogP contribution in [0.25, 0.3) is 0 Å². The van der Waals surface area contributed by atoms with Crippen molar-refractivity contribution in [2.24, 2.45) is 11.8 Å². The van der Waals surface area contributed by atoms with Gasteiger partial charge in [-0.15, -0.1) is 0 Å². The molecule has 0 aromatic carbocycles. The molecule has 0 radical (unpaired) electrons. The number of hydrogen-bond acceptors (Lipinski definition) is 13. The zero-order valence-corrected chi connectivity index (χ0v) is 31.2. The maximum atomic E-state index is 13.9. The van der Waals surface area contributed by atoms with Crippen LogP contribution in [0.4, 0.5) is 0 Å². The average molecular weight is 749 g/mol. The number of carbonyl (C=O) groups is 2. The summed E-state index contributed by atoms with van der Waals surface area (Å²) < 4.78 is 44.3. The van der Waals surface area contributed by atoms with E-state index in [1.807, 2.05) is 0 Å². The number of aliphatic hydroxyl groups excluding tert-OH is 4. The molecule has 0 aromatic rings. The van der Waals surface area contributed by atoms with E-state index >= 15 is 0 Å². The van der Waals surface area contributed by atoms with E-state index in [1.165, 1.54) is 0 Å². The SMILES string of the molecule is C=C1C[C@@H]2CCC(=O)C[C@H]3O[C@H]4[C@@H](O)[C@H]5O[C@H](CC[C@@H]5O[C@H]4[C@H]3O)CC(=O)CC3C(C[C@H]4OC(CCC1O2)C[C@@H](C)C4=C)OC(C[C@H](O)CO)[C@@H]3OC. The molecule has 0 spiro atoms. The van der Waals surface area contributed by atoms with Crippen LogP contribution < -0.4 is 0 Å². The smallest absolute Gasteiger partial charge is 0.135 e. The summed E-state index contributed by atoms with van der Waals surface area (Å²) in [4.78, 5) is 27.0. The van der Waals surface area contributed by atoms with Crippen LogP contribution in [0.1, 0.15) is 90.4 Å². The lowest BCUT2D eigenvalue weighted by atomic mass is 9.81. The highest BCUT2D eigenvalue weighted by atomic mass is 16.6. The molecule has 8 bridgehead atoms. The van der Waals surface area contributed by atoms with Crippen molar-refractivity contribution in [2.75, 3.05) is 13.7 Å². The van der Waals surface area contributed by atoms with Gasteiger partial charge in [0.25, 0.3) is 0 Å². The van der Waals surface area contributed by atoms with Crippen molar-refractivity contribution in [3.05, 3.63) is 24.3 Å². The molecular formula is C40H60O13. The molecule has 0 aliphatic carbocycles. The molecule has 13 heteroatoms. The van der Waals surface area contributed by atoms with Gasteiger partial charge in [-0.25, -0.2) is 0 Å². The molecule has 7 saturated heterocycles. The monoisotopic (exact) mass is 748 g/mol. The lowest BCUT2D eigenvalue weighted by molar-refractivity contribution is -0.259. The van der Waals surface area contributed by atoms with Gasteiger partial charge < -0.3 is 53.6 Å². The summed E-state index contributed by atoms with van der Waals surface area (Å²) >= 11 is 0. The van der Waals surface area contributed by atoms with E-state index in [2.05, 4.69) is 20.1 Å². The first-order chi connectivity index (χ1) is 25.4. The number of methoxy groups -OCH3 is 1. The molecule has 0 amide bonds. The molecule has 13 nitrogen and oxygen atoms in total. The van der Waals surface area contributed by atoms with Gasteiger partial charge in [0.1, 0.15) is 42.1 Å². The third-order valence-corrected chi connectivity index (χ3v) is 13.1. The van der Waals surface area contributed by atoms with Gasteiger partial charge in [-0.1, -0.05) is 20.1 Å². The van der Waals surface area contributed by atoms with Crippen molar-refractivity contribution in [1.82, 2.24) is 0 Å². The molecule has 4 N–H and O–H groups in total. The zero-order chi connectivity index (χ0) is 37.6. The summed E-state index contributed by atoms with van der Waals surface area (Å²) in [5, 5.41) is 42.6. The van der Waals surface area contributed by atoms with E-state index in [9.17, 15) is 30.0 Å². The number of ether oxygens (including phenoxy) is 7. The van der Waals surface area contributed by atoms with Crippen LogP contribution in [0.2, 0.25) is 0 Å². The molecule has 0 saturated carbocycles. The first-order valence-corrected chi connectivity index (χ1v) is 19.9. The minimum absolute atomic E-state index is 0.00643. The van der Waals surface area contributed by atoms with E-state index in [0.717, 1.165) is 30.4 Å². The number of hydrogen-bond donors (Lipinski definition) is 4. The van der Waals surface area contributed by atoms with E-state index in [1.54, 1.807) is 7.11 Å². The second kappa shape index (κ2) is 16.9. The molecule has 7 aliphatic rings. The predicted octanol–water partition coefficient (Wildman–Crippen LogP) is 2.27. The van der Waals surface area contributed by atoms with E-state index in [0.29, 0.717) is 32.1 Å². The van der Waals surface area contributed by atoms with Crippen LogP contribution in [-0.2, 0) is 42.7 Å². The molecule has 53 heavy (non-hydrogen) atoms. The summed E-state index contributed by atoms with van der Waals surface area (Å²) in [5.41, 5.74) is 2.00. The topological polar surface area (TPSA) is 180 Å². The van der Waals surface area contributed by atoms with Gasteiger partial charge in [-0.05, 0) is 62.0 Å². The highest BCUT2D eigenvalue weighted by Crippen LogP contribution is 2.43. The number of carbonyl (C=O) groups excluding carboxylic acids is 2. The van der Waals surface area contributed by atoms with Crippen LogP contribution in [-0.4, -0.2) is 143 Å². The molecule has 7 heterocycles. The highest BCUT2D eigenvalue weighted by molar-refractivity contribution is 5.79. The van der Waals surface area contributed by atoms with Crippen molar-refractivity contribution < 1.29 is 63.2 Å². The predicted molar refractivity (Wildman–Crippen MR) is 189 cm³/mol. The minimum Gasteiger partial charge on any atom is -0.394 e. The van der Waals surface area contributed by atoms with Crippen molar-refractivity contribution >= 4 is 11.6 Å². The maximum Gasteiger partial charge on any atom is 0.135 e. The second-order valence-corrected chi connectivity index (χ2v) is 16.8. The Kier molecular flexibility index (Phi) is 12.6. The third-order valence-electron chi connectivity index (χ3n) is 13.1. The summed E-state index contributed by atoms with van der Waals surface area (Å²) in [5.74, 6) is -0.221. The Balaban J connectivity index is 1.11. The summed E-state index contributed by atoms with van der Waals surface area (Å²) in [6.45, 7) is 10.4. The van der Waals surface area contributed by atoms with Crippen LogP contribution in [0.15, 0.2) is 24.3 Å². The van der Waals surface area contributed by atoms with E-state index in [4.69, 9.17) is 33.2 Å². The fraction of sp³-hybridized carbons (Fsp3) is 0.850. The third kappa shape index (κ3) is 8.56. The Morgan fingerprint density at radius 2 is 1.45 bits per heavy atom. The largest absolute Gasteiger partial charge is 0.394 e. The molecule has 7 rings (SSSR count). The van der Waals surface area contributed by atoms with E-state index < -0.39 is 79.9 Å². The van der Waals surface area contributed by atoms with E-state index in [-0.39, 0.29) is 79.9 Å². The van der Waals surface area contributed by atoms with Gasteiger partial charge in [0.15, 0.2) is 0 Å². The number of Topliss-reactive ketones (excluding diaryl/α,β-unsaturated/α-hetero) is 2. The molecule has 7 fully saturated rings. The lowest BCUT2D eigenvalue weighted by Gasteiger charge is -2.46. The first kappa shape index (κ1) is 39.6. The maximum absolute atomic E-state index is 13.9. The molecular weight excluding hydrogens is 688 g/mol. The van der Waals surface area contributed by atoms with Crippen molar-refractivity contribution in [2.45, 2.75) is 188 Å². The fourth-order valence-corrected chi connectivity index (χ4v) is 10.1. The number of aliphatic hydroxyl groups is 4. The number of ketones is 2. The second-order valence-electron chi connectivity index (χ2n) is 16.8. The van der Waals surface area contributed by atoms with Gasteiger partial charge in [-0.3, -0.25) is 9.59 Å². The van der Waals surface area contributed by atoms with Crippen molar-refractivity contribution in [3.8, 4) is 0 Å². The van der Waals surface area contributed by atoms with Crippen molar-refractivity contribution in [1.29, 1.82) is 0 Å². The van der Waals surface area contributed by atoms with Gasteiger partial charge in [0, 0.05) is 51.6 Å². The molecule has 18 atom stereocenters. The standard InChI is InChI=1S/C40H60O13/c1-19-11-26-7-9-29-20(2)12-25(48-29)6-5-22(42)15-33-35(45)39-40(53-33)36(46)38-30(52-39)10-8-27(50-38)13-23(43)14-28-32(17-31(49-26)21(19)3)51-34(37(28)47-4)16-24(44)18-41/h19,24-41,44-46H,2-3,5-18H2,1,4H3/t19-,24+,25+,26?,27-,28?,29?,30+,31-,32?,33-,34?,35+,36+,37-,38+,39+,40+/m1/s1. The van der Waals surface area contributed by atoms with Crippen LogP contribution >= 0.6 is 0 Å². The Morgan fingerprint density at radius 3 is 2.23 bits per heavy atom. The Labute approximate surface area is 312 Å². The van der Waals surface area contributed by atoms with Crippen LogP contribution in [0.3, 0.4) is 0 Å². The van der Waals surface area contributed by atoms with Gasteiger partial charge in [0.05, 0.1) is 73.8 Å². The Hall–Kier alpha value is -1.62. The summed E-state index contributed by atoms with van der Waals surface area (Å²) in [6, 6.07) is 0. The summed E-state index contributed by atoms with van der Waals surface area (Å²) in [7, 11) is 1.58. The fourth-order valence-electron chi connectivity index (χ4n) is 10.1. The molecule has 7 aliphatic heterocycles. The molecule has 5 unspecified atom stereocenters. The number of fused-ring (bicyclic) bond motifs is 7.